The molecule has 2 rings (SSSR count). The maximum Gasteiger partial charge on any atom is 0.417 e. The number of nitrogens with zero attached hydrogens (tertiary/aromatic N) is 2. The number of hydrogen-bond acceptors (Lipinski definition) is 5. The molecule has 1 saturated heterocycles. The molecule has 1 aliphatic rings. The molecule has 0 bridgehead atoms. The average molecular weight is 376 g/mol. The Kier molecular flexibility index (Phi) is 6.65. The van der Waals surface area contributed by atoms with Crippen LogP contribution in [0.5, 0.6) is 0 Å². The van der Waals surface area contributed by atoms with E-state index in [0.717, 1.165) is 24.2 Å². The van der Waals surface area contributed by atoms with Gasteiger partial charge in [0, 0.05) is 31.2 Å². The molecule has 6 nitrogen and oxygen atoms in total. The fourth-order valence-electron chi connectivity index (χ4n) is 2.39. The van der Waals surface area contributed by atoms with Gasteiger partial charge in [-0.2, -0.15) is 13.2 Å². The van der Waals surface area contributed by atoms with Crippen LogP contribution in [0.4, 0.5) is 13.2 Å². The van der Waals surface area contributed by atoms with E-state index >= 15 is 0 Å². The Hall–Kier alpha value is -1.81. The normalized spacial score (nSPS) is 15.9. The molecule has 2 amide bonds. The van der Waals surface area contributed by atoms with Crippen LogP contribution in [-0.4, -0.2) is 52.5 Å². The molecule has 1 atom stereocenters. The SMILES string of the molecule is N[C@@H](CCCNC(=O)c1cnccc1C(F)(F)F)C(=O)N1CCSC1. The van der Waals surface area contributed by atoms with Gasteiger partial charge < -0.3 is 16.0 Å². The minimum Gasteiger partial charge on any atom is -0.352 e. The maximum absolute atomic E-state index is 12.9. The number of hydrogen-bond donors (Lipinski definition) is 2. The van der Waals surface area contributed by atoms with Gasteiger partial charge in [-0.05, 0) is 18.9 Å². The van der Waals surface area contributed by atoms with Crippen LogP contribution in [0.2, 0.25) is 0 Å². The number of halogens is 3. The molecule has 0 unspecified atom stereocenters. The van der Waals surface area contributed by atoms with Gasteiger partial charge in [0.15, 0.2) is 0 Å². The second kappa shape index (κ2) is 8.52. The van der Waals surface area contributed by atoms with Gasteiger partial charge in [-0.25, -0.2) is 0 Å². The van der Waals surface area contributed by atoms with Crippen molar-refractivity contribution in [3.63, 3.8) is 0 Å². The Morgan fingerprint density at radius 1 is 1.44 bits per heavy atom. The number of amides is 2. The fourth-order valence-corrected chi connectivity index (χ4v) is 3.34. The van der Waals surface area contributed by atoms with Crippen molar-refractivity contribution >= 4 is 23.6 Å². The van der Waals surface area contributed by atoms with E-state index in [0.29, 0.717) is 25.3 Å². The number of rotatable bonds is 6. The third-order valence-corrected chi connectivity index (χ3v) is 4.70. The van der Waals surface area contributed by atoms with Crippen molar-refractivity contribution in [1.82, 2.24) is 15.2 Å². The van der Waals surface area contributed by atoms with Crippen LogP contribution >= 0.6 is 11.8 Å². The van der Waals surface area contributed by atoms with Crippen molar-refractivity contribution in [2.45, 2.75) is 25.1 Å². The highest BCUT2D eigenvalue weighted by molar-refractivity contribution is 7.99. The second-order valence-electron chi connectivity index (χ2n) is 5.56. The number of carbonyl (C=O) groups excluding carboxylic acids is 2. The van der Waals surface area contributed by atoms with Crippen LogP contribution in [0.15, 0.2) is 18.5 Å². The van der Waals surface area contributed by atoms with E-state index in [4.69, 9.17) is 5.73 Å². The number of aromatic nitrogens is 1. The van der Waals surface area contributed by atoms with Crippen molar-refractivity contribution in [1.29, 1.82) is 0 Å². The van der Waals surface area contributed by atoms with E-state index in [-0.39, 0.29) is 12.5 Å². The van der Waals surface area contributed by atoms with Gasteiger partial charge in [0.2, 0.25) is 5.91 Å². The molecule has 1 fully saturated rings. The zero-order valence-corrected chi connectivity index (χ0v) is 14.2. The Bertz CT molecular complexity index is 621. The van der Waals surface area contributed by atoms with Crippen LogP contribution in [0, 0.1) is 0 Å². The first-order valence-corrected chi connectivity index (χ1v) is 8.87. The van der Waals surface area contributed by atoms with Gasteiger partial charge >= 0.3 is 6.18 Å². The van der Waals surface area contributed by atoms with E-state index in [1.807, 2.05) is 0 Å². The summed E-state index contributed by atoms with van der Waals surface area (Å²) in [4.78, 5) is 29.2. The summed E-state index contributed by atoms with van der Waals surface area (Å²) < 4.78 is 38.6. The van der Waals surface area contributed by atoms with Crippen molar-refractivity contribution < 1.29 is 22.8 Å². The summed E-state index contributed by atoms with van der Waals surface area (Å²) in [5.41, 5.74) is 4.28. The molecular formula is C15H19F3N4O2S. The molecule has 2 heterocycles. The highest BCUT2D eigenvalue weighted by Crippen LogP contribution is 2.31. The number of alkyl halides is 3. The highest BCUT2D eigenvalue weighted by Gasteiger charge is 2.35. The van der Waals surface area contributed by atoms with Gasteiger partial charge in [-0.15, -0.1) is 11.8 Å². The first-order chi connectivity index (χ1) is 11.8. The lowest BCUT2D eigenvalue weighted by atomic mass is 10.1. The zero-order chi connectivity index (χ0) is 18.4. The van der Waals surface area contributed by atoms with E-state index in [1.54, 1.807) is 16.7 Å². The van der Waals surface area contributed by atoms with E-state index in [9.17, 15) is 22.8 Å². The number of pyridine rings is 1. The summed E-state index contributed by atoms with van der Waals surface area (Å²) in [5, 5.41) is 2.41. The molecule has 1 aliphatic heterocycles. The van der Waals surface area contributed by atoms with Gasteiger partial charge in [0.05, 0.1) is 23.0 Å². The summed E-state index contributed by atoms with van der Waals surface area (Å²) in [7, 11) is 0. The summed E-state index contributed by atoms with van der Waals surface area (Å²) in [5.74, 6) is 0.533. The standard InChI is InChI=1S/C15H19F3N4O2S/c16-15(17,18)11-3-5-20-8-10(11)13(23)21-4-1-2-12(19)14(24)22-6-7-25-9-22/h3,5,8,12H,1-2,4,6-7,9,19H2,(H,21,23)/t12-/m0/s1. The summed E-state index contributed by atoms with van der Waals surface area (Å²) >= 11 is 1.66. The molecule has 138 valence electrons. The molecule has 10 heteroatoms. The van der Waals surface area contributed by atoms with Gasteiger partial charge in [-0.1, -0.05) is 0 Å². The van der Waals surface area contributed by atoms with E-state index < -0.39 is 29.3 Å². The smallest absolute Gasteiger partial charge is 0.352 e. The average Bonchev–Trinajstić information content (AvgIpc) is 3.11. The zero-order valence-electron chi connectivity index (χ0n) is 13.4. The third-order valence-electron chi connectivity index (χ3n) is 3.73. The van der Waals surface area contributed by atoms with Crippen molar-refractivity contribution in [3.8, 4) is 0 Å². The Morgan fingerprint density at radius 2 is 2.20 bits per heavy atom. The second-order valence-corrected chi connectivity index (χ2v) is 6.64. The Morgan fingerprint density at radius 3 is 2.84 bits per heavy atom. The Labute approximate surface area is 147 Å². The molecular weight excluding hydrogens is 357 g/mol. The summed E-state index contributed by atoms with van der Waals surface area (Å²) in [6.07, 6.45) is -2.02. The van der Waals surface area contributed by atoms with Gasteiger partial charge in [0.25, 0.3) is 5.91 Å². The lowest BCUT2D eigenvalue weighted by Crippen LogP contribution is -2.42. The first-order valence-electron chi connectivity index (χ1n) is 7.72. The minimum absolute atomic E-state index is 0.126. The monoisotopic (exact) mass is 376 g/mol. The lowest BCUT2D eigenvalue weighted by Gasteiger charge is -2.19. The largest absolute Gasteiger partial charge is 0.417 e. The van der Waals surface area contributed by atoms with Gasteiger partial charge in [0.1, 0.15) is 0 Å². The first kappa shape index (κ1) is 19.5. The quantitative estimate of drug-likeness (QED) is 0.734. The molecule has 0 aromatic carbocycles. The number of nitrogens with one attached hydrogen (secondary N) is 1. The number of carbonyl (C=O) groups is 2. The predicted octanol–water partition coefficient (Wildman–Crippen LogP) is 1.47. The van der Waals surface area contributed by atoms with Crippen LogP contribution in [0.25, 0.3) is 0 Å². The van der Waals surface area contributed by atoms with Crippen molar-refractivity contribution in [3.05, 3.63) is 29.6 Å². The third kappa shape index (κ3) is 5.33. The summed E-state index contributed by atoms with van der Waals surface area (Å²) in [6, 6.07) is 0.0945. The summed E-state index contributed by atoms with van der Waals surface area (Å²) in [6.45, 7) is 0.802. The van der Waals surface area contributed by atoms with Crippen LogP contribution in [0.1, 0.15) is 28.8 Å². The van der Waals surface area contributed by atoms with Crippen LogP contribution in [0.3, 0.4) is 0 Å². The van der Waals surface area contributed by atoms with E-state index in [1.165, 1.54) is 0 Å². The molecule has 0 saturated carbocycles. The fraction of sp³-hybridized carbons (Fsp3) is 0.533. The molecule has 0 spiro atoms. The van der Waals surface area contributed by atoms with Gasteiger partial charge in [-0.3, -0.25) is 14.6 Å². The molecule has 25 heavy (non-hydrogen) atoms. The number of nitrogens with two attached hydrogens (primary N) is 1. The topological polar surface area (TPSA) is 88.3 Å². The molecule has 1 aromatic heterocycles. The van der Waals surface area contributed by atoms with E-state index in [2.05, 4.69) is 10.3 Å². The predicted molar refractivity (Wildman–Crippen MR) is 87.8 cm³/mol. The molecule has 0 radical (unpaired) electrons. The Balaban J connectivity index is 1.80. The lowest BCUT2D eigenvalue weighted by molar-refractivity contribution is -0.138. The van der Waals surface area contributed by atoms with Crippen molar-refractivity contribution in [2.75, 3.05) is 24.7 Å². The van der Waals surface area contributed by atoms with Crippen LogP contribution in [-0.2, 0) is 11.0 Å². The molecule has 3 N–H and O–H groups in total. The maximum atomic E-state index is 12.9. The highest BCUT2D eigenvalue weighted by atomic mass is 32.2. The van der Waals surface area contributed by atoms with Crippen LogP contribution < -0.4 is 11.1 Å². The minimum atomic E-state index is -4.63. The molecule has 0 aliphatic carbocycles. The number of thioether (sulfide) groups is 1. The van der Waals surface area contributed by atoms with Crippen molar-refractivity contribution in [2.24, 2.45) is 5.73 Å². The molecule has 1 aromatic rings.